The van der Waals surface area contributed by atoms with Crippen LogP contribution in [-0.2, 0) is 23.9 Å². The summed E-state index contributed by atoms with van der Waals surface area (Å²) in [4.78, 5) is 47.1. The van der Waals surface area contributed by atoms with E-state index in [1.54, 1.807) is 37.3 Å². The Morgan fingerprint density at radius 1 is 1.00 bits per heavy atom. The second kappa shape index (κ2) is 10.1. The number of hydrogen-bond donors (Lipinski definition) is 2. The lowest BCUT2D eigenvalue weighted by atomic mass is 10.0. The fourth-order valence-electron chi connectivity index (χ4n) is 2.10. The molecule has 2 atom stereocenters. The van der Waals surface area contributed by atoms with Crippen LogP contribution in [-0.4, -0.2) is 50.6 Å². The molecule has 0 spiro atoms. The third kappa shape index (κ3) is 6.62. The Balaban J connectivity index is 2.58. The van der Waals surface area contributed by atoms with Crippen molar-refractivity contribution in [2.75, 3.05) is 20.8 Å². The van der Waals surface area contributed by atoms with E-state index in [4.69, 9.17) is 0 Å². The number of methoxy groups -OCH3 is 2. The van der Waals surface area contributed by atoms with Gasteiger partial charge < -0.3 is 20.1 Å². The molecule has 0 aliphatic rings. The number of rotatable bonds is 8. The predicted molar refractivity (Wildman–Crippen MR) is 88.5 cm³/mol. The average molecular weight is 350 g/mol. The minimum Gasteiger partial charge on any atom is -0.469 e. The number of carbonyl (C=O) groups is 4. The zero-order valence-corrected chi connectivity index (χ0v) is 14.4. The number of benzene rings is 1. The summed E-state index contributed by atoms with van der Waals surface area (Å²) in [5, 5.41) is 4.90. The van der Waals surface area contributed by atoms with Crippen molar-refractivity contribution in [3.8, 4) is 0 Å². The van der Waals surface area contributed by atoms with Gasteiger partial charge in [0.05, 0.1) is 26.7 Å². The normalized spacial score (nSPS) is 12.4. The monoisotopic (exact) mass is 350 g/mol. The van der Waals surface area contributed by atoms with E-state index >= 15 is 0 Å². The minimum atomic E-state index is -1.01. The van der Waals surface area contributed by atoms with Crippen molar-refractivity contribution in [2.24, 2.45) is 5.92 Å². The molecule has 0 radical (unpaired) electrons. The maximum Gasteiger partial charge on any atom is 0.328 e. The number of carbonyl (C=O) groups excluding carboxylic acids is 4. The van der Waals surface area contributed by atoms with E-state index < -0.39 is 35.7 Å². The molecular formula is C17H22N2O6. The summed E-state index contributed by atoms with van der Waals surface area (Å²) >= 11 is 0. The SMILES string of the molecule is COC(=O)[C@H](C)C[C@@H](NC(=O)CNC(=O)c1ccccc1)C(=O)OC. The number of hydrogen-bond acceptors (Lipinski definition) is 6. The number of nitrogens with one attached hydrogen (secondary N) is 2. The highest BCUT2D eigenvalue weighted by atomic mass is 16.5. The fourth-order valence-corrected chi connectivity index (χ4v) is 2.10. The maximum absolute atomic E-state index is 12.0. The summed E-state index contributed by atoms with van der Waals surface area (Å²) < 4.78 is 9.23. The van der Waals surface area contributed by atoms with Crippen molar-refractivity contribution in [3.63, 3.8) is 0 Å². The Hall–Kier alpha value is -2.90. The molecule has 8 heteroatoms. The Bertz CT molecular complexity index is 617. The molecule has 0 aromatic heterocycles. The Morgan fingerprint density at radius 3 is 2.16 bits per heavy atom. The van der Waals surface area contributed by atoms with Crippen LogP contribution in [0.1, 0.15) is 23.7 Å². The first-order valence-corrected chi connectivity index (χ1v) is 7.67. The summed E-state index contributed by atoms with van der Waals surface area (Å²) in [6, 6.07) is 7.39. The maximum atomic E-state index is 12.0. The second-order valence-electron chi connectivity index (χ2n) is 5.35. The van der Waals surface area contributed by atoms with Crippen LogP contribution in [0.5, 0.6) is 0 Å². The van der Waals surface area contributed by atoms with Gasteiger partial charge in [0.1, 0.15) is 6.04 Å². The molecule has 0 unspecified atom stereocenters. The van der Waals surface area contributed by atoms with Gasteiger partial charge in [-0.25, -0.2) is 4.79 Å². The molecule has 136 valence electrons. The Kier molecular flexibility index (Phi) is 8.11. The molecule has 25 heavy (non-hydrogen) atoms. The fraction of sp³-hybridized carbons (Fsp3) is 0.412. The molecule has 2 amide bonds. The topological polar surface area (TPSA) is 111 Å². The van der Waals surface area contributed by atoms with E-state index in [-0.39, 0.29) is 13.0 Å². The molecule has 8 nitrogen and oxygen atoms in total. The summed E-state index contributed by atoms with van der Waals surface area (Å²) in [6.45, 7) is 1.26. The zero-order chi connectivity index (χ0) is 18.8. The van der Waals surface area contributed by atoms with Crippen LogP contribution in [0.4, 0.5) is 0 Å². The van der Waals surface area contributed by atoms with E-state index in [1.807, 2.05) is 0 Å². The molecule has 0 saturated carbocycles. The molecule has 0 aliphatic heterocycles. The molecule has 2 N–H and O–H groups in total. The van der Waals surface area contributed by atoms with Crippen molar-refractivity contribution in [1.29, 1.82) is 0 Å². The van der Waals surface area contributed by atoms with Gasteiger partial charge in [-0.2, -0.15) is 0 Å². The van der Waals surface area contributed by atoms with Gasteiger partial charge in [0.15, 0.2) is 0 Å². The summed E-state index contributed by atoms with van der Waals surface area (Å²) in [7, 11) is 2.42. The van der Waals surface area contributed by atoms with Crippen LogP contribution < -0.4 is 10.6 Å². The van der Waals surface area contributed by atoms with Crippen molar-refractivity contribution in [2.45, 2.75) is 19.4 Å². The third-order valence-electron chi connectivity index (χ3n) is 3.46. The number of amides is 2. The summed E-state index contributed by atoms with van der Waals surface area (Å²) in [5.74, 6) is -2.77. The Morgan fingerprint density at radius 2 is 1.60 bits per heavy atom. The van der Waals surface area contributed by atoms with Gasteiger partial charge in [-0.15, -0.1) is 0 Å². The van der Waals surface area contributed by atoms with Gasteiger partial charge in [0.2, 0.25) is 5.91 Å². The van der Waals surface area contributed by atoms with E-state index in [9.17, 15) is 19.2 Å². The summed E-state index contributed by atoms with van der Waals surface area (Å²) in [6.07, 6.45) is 0.0255. The molecule has 1 aromatic rings. The smallest absolute Gasteiger partial charge is 0.328 e. The lowest BCUT2D eigenvalue weighted by Crippen LogP contribution is -2.47. The largest absolute Gasteiger partial charge is 0.469 e. The van der Waals surface area contributed by atoms with Crippen LogP contribution in [0, 0.1) is 5.92 Å². The average Bonchev–Trinajstić information content (AvgIpc) is 2.64. The highest BCUT2D eigenvalue weighted by molar-refractivity contribution is 5.96. The molecule has 1 aromatic carbocycles. The van der Waals surface area contributed by atoms with Crippen LogP contribution in [0.2, 0.25) is 0 Å². The lowest BCUT2D eigenvalue weighted by molar-refractivity contribution is -0.148. The first-order valence-electron chi connectivity index (χ1n) is 7.67. The van der Waals surface area contributed by atoms with Crippen molar-refractivity contribution in [1.82, 2.24) is 10.6 Å². The van der Waals surface area contributed by atoms with Crippen molar-refractivity contribution in [3.05, 3.63) is 35.9 Å². The molecule has 1 rings (SSSR count). The molecule has 0 heterocycles. The van der Waals surface area contributed by atoms with Crippen LogP contribution in [0.15, 0.2) is 30.3 Å². The zero-order valence-electron chi connectivity index (χ0n) is 14.4. The second-order valence-corrected chi connectivity index (χ2v) is 5.35. The van der Waals surface area contributed by atoms with Crippen LogP contribution in [0.25, 0.3) is 0 Å². The van der Waals surface area contributed by atoms with Crippen molar-refractivity contribution < 1.29 is 28.7 Å². The number of esters is 2. The van der Waals surface area contributed by atoms with Crippen molar-refractivity contribution >= 4 is 23.8 Å². The quantitative estimate of drug-likeness (QED) is 0.651. The van der Waals surface area contributed by atoms with Gasteiger partial charge in [-0.1, -0.05) is 25.1 Å². The Labute approximate surface area is 145 Å². The van der Waals surface area contributed by atoms with Gasteiger partial charge >= 0.3 is 11.9 Å². The molecular weight excluding hydrogens is 328 g/mol. The standard InChI is InChI=1S/C17H22N2O6/c1-11(16(22)24-2)9-13(17(23)25-3)19-14(20)10-18-15(21)12-7-5-4-6-8-12/h4-8,11,13H,9-10H2,1-3H3,(H,18,21)(H,19,20)/t11-,13-/m1/s1. The van der Waals surface area contributed by atoms with Gasteiger partial charge in [0, 0.05) is 5.56 Å². The molecule has 0 saturated heterocycles. The van der Waals surface area contributed by atoms with Gasteiger partial charge in [-0.05, 0) is 18.6 Å². The van der Waals surface area contributed by atoms with E-state index in [0.717, 1.165) is 0 Å². The van der Waals surface area contributed by atoms with Crippen LogP contribution in [0.3, 0.4) is 0 Å². The predicted octanol–water partition coefficient (Wildman–Crippen LogP) is 0.273. The minimum absolute atomic E-state index is 0.0255. The third-order valence-corrected chi connectivity index (χ3v) is 3.46. The van der Waals surface area contributed by atoms with E-state index in [0.29, 0.717) is 5.56 Å². The molecule has 0 aliphatic carbocycles. The van der Waals surface area contributed by atoms with Gasteiger partial charge in [0.25, 0.3) is 5.91 Å². The lowest BCUT2D eigenvalue weighted by Gasteiger charge is -2.19. The highest BCUT2D eigenvalue weighted by Crippen LogP contribution is 2.09. The van der Waals surface area contributed by atoms with Crippen LogP contribution >= 0.6 is 0 Å². The van der Waals surface area contributed by atoms with E-state index in [2.05, 4.69) is 20.1 Å². The van der Waals surface area contributed by atoms with Gasteiger partial charge in [-0.3, -0.25) is 14.4 Å². The summed E-state index contributed by atoms with van der Waals surface area (Å²) in [5.41, 5.74) is 0.416. The first kappa shape index (κ1) is 20.1. The highest BCUT2D eigenvalue weighted by Gasteiger charge is 2.27. The van der Waals surface area contributed by atoms with E-state index in [1.165, 1.54) is 14.2 Å². The first-order chi connectivity index (χ1) is 11.9. The molecule has 0 bridgehead atoms. The number of ether oxygens (including phenoxy) is 2. The molecule has 0 fully saturated rings.